The molecule has 0 bridgehead atoms. The second-order valence-electron chi connectivity index (χ2n) is 3.01. The van der Waals surface area contributed by atoms with Gasteiger partial charge in [-0.2, -0.15) is 5.10 Å². The van der Waals surface area contributed by atoms with Gasteiger partial charge in [0, 0.05) is 17.3 Å². The molecule has 3 N–H and O–H groups in total. The first-order valence-electron chi connectivity index (χ1n) is 4.58. The maximum Gasteiger partial charge on any atom is 0.322 e. The highest BCUT2D eigenvalue weighted by molar-refractivity contribution is 7.98. The molecule has 5 nitrogen and oxygen atoms in total. The number of carbonyl (C=O) groups is 1. The van der Waals surface area contributed by atoms with Crippen molar-refractivity contribution in [1.82, 2.24) is 14.5 Å². The van der Waals surface area contributed by atoms with E-state index in [2.05, 4.69) is 9.82 Å². The molecule has 0 saturated carbocycles. The summed E-state index contributed by atoms with van der Waals surface area (Å²) in [6, 6.07) is 8.91. The first kappa shape index (κ1) is 10.6. The third-order valence-corrected chi connectivity index (χ3v) is 2.69. The maximum absolute atomic E-state index is 10.5. The van der Waals surface area contributed by atoms with E-state index < -0.39 is 6.03 Å². The summed E-state index contributed by atoms with van der Waals surface area (Å²) in [6.07, 6.45) is 3.58. The molecule has 0 fully saturated rings. The van der Waals surface area contributed by atoms with Crippen LogP contribution in [0.2, 0.25) is 0 Å². The van der Waals surface area contributed by atoms with Crippen LogP contribution in [0.25, 0.3) is 5.69 Å². The molecule has 0 radical (unpaired) electrons. The molecule has 0 unspecified atom stereocenters. The minimum atomic E-state index is -0.554. The number of primary amides is 1. The predicted octanol–water partition coefficient (Wildman–Crippen LogP) is 1.55. The Balaban J connectivity index is 2.08. The van der Waals surface area contributed by atoms with E-state index in [1.807, 2.05) is 36.5 Å². The standard InChI is InChI=1S/C10H10N4OS/c11-10(15)13-16-9-4-2-8(3-5-9)14-7-1-6-12-14/h1-7H,(H3,11,13,15). The lowest BCUT2D eigenvalue weighted by Crippen LogP contribution is -2.22. The van der Waals surface area contributed by atoms with Gasteiger partial charge in [-0.25, -0.2) is 9.48 Å². The Hall–Kier alpha value is -1.95. The summed E-state index contributed by atoms with van der Waals surface area (Å²) in [7, 11) is 0. The van der Waals surface area contributed by atoms with E-state index in [4.69, 9.17) is 5.73 Å². The number of hydrogen-bond acceptors (Lipinski definition) is 3. The molecular weight excluding hydrogens is 224 g/mol. The molecule has 2 amide bonds. The third kappa shape index (κ3) is 2.54. The zero-order valence-corrected chi connectivity index (χ0v) is 9.15. The van der Waals surface area contributed by atoms with Crippen molar-refractivity contribution >= 4 is 18.0 Å². The third-order valence-electron chi connectivity index (χ3n) is 1.88. The van der Waals surface area contributed by atoms with Gasteiger partial charge in [0.2, 0.25) is 0 Å². The minimum Gasteiger partial charge on any atom is -0.351 e. The van der Waals surface area contributed by atoms with Crippen LogP contribution in [0.5, 0.6) is 0 Å². The topological polar surface area (TPSA) is 72.9 Å². The van der Waals surface area contributed by atoms with Gasteiger partial charge in [-0.1, -0.05) is 0 Å². The molecule has 2 rings (SSSR count). The van der Waals surface area contributed by atoms with Crippen molar-refractivity contribution in [3.05, 3.63) is 42.7 Å². The average molecular weight is 234 g/mol. The Bertz CT molecular complexity index is 466. The van der Waals surface area contributed by atoms with Crippen LogP contribution >= 0.6 is 11.9 Å². The number of benzene rings is 1. The van der Waals surface area contributed by atoms with Crippen LogP contribution < -0.4 is 10.5 Å². The van der Waals surface area contributed by atoms with E-state index in [0.717, 1.165) is 10.6 Å². The Morgan fingerprint density at radius 2 is 2.12 bits per heavy atom. The van der Waals surface area contributed by atoms with Crippen LogP contribution in [0.15, 0.2) is 47.6 Å². The van der Waals surface area contributed by atoms with Gasteiger partial charge in [0.25, 0.3) is 0 Å². The Morgan fingerprint density at radius 1 is 1.38 bits per heavy atom. The highest BCUT2D eigenvalue weighted by Crippen LogP contribution is 2.16. The summed E-state index contributed by atoms with van der Waals surface area (Å²) < 4.78 is 4.21. The zero-order valence-electron chi connectivity index (χ0n) is 8.33. The summed E-state index contributed by atoms with van der Waals surface area (Å²) in [5.41, 5.74) is 5.93. The van der Waals surface area contributed by atoms with Gasteiger partial charge >= 0.3 is 6.03 Å². The molecule has 0 aliphatic rings. The summed E-state index contributed by atoms with van der Waals surface area (Å²) in [4.78, 5) is 11.4. The number of amides is 2. The number of nitrogens with zero attached hydrogens (tertiary/aromatic N) is 2. The summed E-state index contributed by atoms with van der Waals surface area (Å²) >= 11 is 1.18. The number of nitrogens with two attached hydrogens (primary N) is 1. The molecule has 1 aromatic carbocycles. The van der Waals surface area contributed by atoms with Crippen LogP contribution in [0.4, 0.5) is 4.79 Å². The zero-order chi connectivity index (χ0) is 11.4. The van der Waals surface area contributed by atoms with Gasteiger partial charge in [0.05, 0.1) is 5.69 Å². The van der Waals surface area contributed by atoms with Crippen LogP contribution in [0.1, 0.15) is 0 Å². The van der Waals surface area contributed by atoms with E-state index in [1.54, 1.807) is 10.9 Å². The van der Waals surface area contributed by atoms with E-state index in [1.165, 1.54) is 11.9 Å². The monoisotopic (exact) mass is 234 g/mol. The Kier molecular flexibility index (Phi) is 3.11. The van der Waals surface area contributed by atoms with Crippen molar-refractivity contribution in [2.24, 2.45) is 5.73 Å². The molecule has 1 heterocycles. The predicted molar refractivity (Wildman–Crippen MR) is 62.1 cm³/mol. The average Bonchev–Trinajstić information content (AvgIpc) is 2.80. The van der Waals surface area contributed by atoms with Crippen molar-refractivity contribution in [3.8, 4) is 5.69 Å². The van der Waals surface area contributed by atoms with Crippen LogP contribution in [-0.2, 0) is 0 Å². The number of aromatic nitrogens is 2. The fourth-order valence-corrected chi connectivity index (χ4v) is 1.69. The first-order valence-corrected chi connectivity index (χ1v) is 5.40. The first-order chi connectivity index (χ1) is 7.75. The second kappa shape index (κ2) is 4.71. The molecule has 2 aromatic rings. The fourth-order valence-electron chi connectivity index (χ4n) is 1.20. The van der Waals surface area contributed by atoms with Crippen molar-refractivity contribution in [1.29, 1.82) is 0 Å². The molecule has 0 aliphatic heterocycles. The molecule has 82 valence electrons. The van der Waals surface area contributed by atoms with Gasteiger partial charge in [-0.05, 0) is 42.3 Å². The SMILES string of the molecule is NC(=O)NSc1ccc(-n2cccn2)cc1. The summed E-state index contributed by atoms with van der Waals surface area (Å²) in [6.45, 7) is 0. The van der Waals surface area contributed by atoms with Gasteiger partial charge < -0.3 is 5.73 Å². The minimum absolute atomic E-state index is 0.554. The number of carbonyl (C=O) groups excluding carboxylic acids is 1. The normalized spacial score (nSPS) is 10.0. The van der Waals surface area contributed by atoms with Crippen LogP contribution in [0, 0.1) is 0 Å². The van der Waals surface area contributed by atoms with Crippen molar-refractivity contribution in [2.75, 3.05) is 0 Å². The number of hydrogen-bond donors (Lipinski definition) is 2. The van der Waals surface area contributed by atoms with Crippen LogP contribution in [-0.4, -0.2) is 15.8 Å². The van der Waals surface area contributed by atoms with Gasteiger partial charge in [0.15, 0.2) is 0 Å². The van der Waals surface area contributed by atoms with Gasteiger partial charge in [-0.3, -0.25) is 4.72 Å². The number of nitrogens with one attached hydrogen (secondary N) is 1. The molecule has 0 spiro atoms. The smallest absolute Gasteiger partial charge is 0.322 e. The molecule has 0 atom stereocenters. The highest BCUT2D eigenvalue weighted by atomic mass is 32.2. The van der Waals surface area contributed by atoms with E-state index >= 15 is 0 Å². The largest absolute Gasteiger partial charge is 0.351 e. The quantitative estimate of drug-likeness (QED) is 0.791. The van der Waals surface area contributed by atoms with Crippen LogP contribution in [0.3, 0.4) is 0 Å². The Morgan fingerprint density at radius 3 is 2.69 bits per heavy atom. The van der Waals surface area contributed by atoms with Gasteiger partial charge in [0.1, 0.15) is 0 Å². The lowest BCUT2D eigenvalue weighted by Gasteiger charge is -2.03. The molecule has 0 aliphatic carbocycles. The molecular formula is C10H10N4OS. The Labute approximate surface area is 96.8 Å². The maximum atomic E-state index is 10.5. The van der Waals surface area contributed by atoms with E-state index in [-0.39, 0.29) is 0 Å². The summed E-state index contributed by atoms with van der Waals surface area (Å²) in [5.74, 6) is 0. The summed E-state index contributed by atoms with van der Waals surface area (Å²) in [5, 5.41) is 4.11. The van der Waals surface area contributed by atoms with E-state index in [9.17, 15) is 4.79 Å². The molecule has 1 aromatic heterocycles. The molecule has 0 saturated heterocycles. The molecule has 6 heteroatoms. The lowest BCUT2D eigenvalue weighted by molar-refractivity contribution is 0.254. The van der Waals surface area contributed by atoms with Gasteiger partial charge in [-0.15, -0.1) is 0 Å². The number of urea groups is 1. The fraction of sp³-hybridized carbons (Fsp3) is 0. The van der Waals surface area contributed by atoms with E-state index in [0.29, 0.717) is 0 Å². The van der Waals surface area contributed by atoms with Crippen molar-refractivity contribution < 1.29 is 4.79 Å². The second-order valence-corrected chi connectivity index (χ2v) is 3.89. The number of rotatable bonds is 3. The lowest BCUT2D eigenvalue weighted by atomic mass is 10.3. The van der Waals surface area contributed by atoms with Crippen molar-refractivity contribution in [3.63, 3.8) is 0 Å². The highest BCUT2D eigenvalue weighted by Gasteiger charge is 1.98. The van der Waals surface area contributed by atoms with Crippen molar-refractivity contribution in [2.45, 2.75) is 4.90 Å². The molecule has 16 heavy (non-hydrogen) atoms.